The maximum Gasteiger partial charge on any atom is 0.300 e. The zero-order valence-electron chi connectivity index (χ0n) is 11.6. The minimum absolute atomic E-state index is 0. The van der Waals surface area contributed by atoms with E-state index in [0.717, 1.165) is 25.3 Å². The molecule has 2 saturated heterocycles. The number of rotatable bonds is 1. The monoisotopic (exact) mass is 350 g/mol. The van der Waals surface area contributed by atoms with Gasteiger partial charge in [-0.25, -0.2) is 4.98 Å². The molecule has 4 heterocycles. The Labute approximate surface area is 140 Å². The Morgan fingerprint density at radius 3 is 2.86 bits per heavy atom. The van der Waals surface area contributed by atoms with E-state index in [-0.39, 0.29) is 24.8 Å². The standard InChI is InChI=1S/C13H15ClN4O.2ClH/c1-8-10(14)6-11-12(15-8)16-13(19-11)18-5-4-17-3-2-9(18)7-17;;/h6,9H,2-5,7H2,1H3;2*1H/t9-;;/m1../s1. The molecule has 0 spiro atoms. The lowest BCUT2D eigenvalue weighted by Crippen LogP contribution is -2.46. The molecule has 2 aromatic heterocycles. The third-order valence-electron chi connectivity index (χ3n) is 4.09. The van der Waals surface area contributed by atoms with E-state index < -0.39 is 0 Å². The van der Waals surface area contributed by atoms with E-state index in [1.54, 1.807) is 6.07 Å². The number of piperazine rings is 1. The summed E-state index contributed by atoms with van der Waals surface area (Å²) in [4.78, 5) is 13.7. The number of halogens is 3. The first-order valence-electron chi connectivity index (χ1n) is 6.63. The second-order valence-corrected chi connectivity index (χ2v) is 5.72. The van der Waals surface area contributed by atoms with Crippen LogP contribution in [0.5, 0.6) is 0 Å². The third kappa shape index (κ3) is 2.80. The van der Waals surface area contributed by atoms with Crippen LogP contribution < -0.4 is 4.90 Å². The molecule has 2 atom stereocenters. The molecule has 0 radical (unpaired) electrons. The first kappa shape index (κ1) is 16.6. The smallest absolute Gasteiger partial charge is 0.300 e. The van der Waals surface area contributed by atoms with Gasteiger partial charge in [-0.05, 0) is 13.3 Å². The van der Waals surface area contributed by atoms with Crippen molar-refractivity contribution in [2.24, 2.45) is 0 Å². The summed E-state index contributed by atoms with van der Waals surface area (Å²) in [5.74, 6) is 0. The molecule has 2 aliphatic heterocycles. The number of hydrogen-bond acceptors (Lipinski definition) is 5. The van der Waals surface area contributed by atoms with Gasteiger partial charge in [0.25, 0.3) is 6.01 Å². The minimum atomic E-state index is 0. The maximum absolute atomic E-state index is 6.07. The number of fused-ring (bicyclic) bond motifs is 3. The molecule has 0 saturated carbocycles. The molecule has 2 fully saturated rings. The van der Waals surface area contributed by atoms with Crippen molar-refractivity contribution in [3.05, 3.63) is 16.8 Å². The number of anilines is 1. The lowest BCUT2D eigenvalue weighted by atomic mass is 10.2. The number of aryl methyl sites for hydroxylation is 1. The molecule has 0 N–H and O–H groups in total. The second kappa shape index (κ2) is 6.16. The Morgan fingerprint density at radius 1 is 1.24 bits per heavy atom. The SMILES string of the molecule is Cc1nc2nc(N3CCN4CC[C@@H]3C4)oc2cc1Cl.Cl.Cl. The number of pyridine rings is 1. The van der Waals surface area contributed by atoms with Gasteiger partial charge in [-0.1, -0.05) is 11.6 Å². The van der Waals surface area contributed by atoms with Crippen LogP contribution in [0, 0.1) is 6.92 Å². The molecule has 116 valence electrons. The molecule has 0 aromatic carbocycles. The molecular weight excluding hydrogens is 335 g/mol. The van der Waals surface area contributed by atoms with Crippen molar-refractivity contribution in [1.29, 1.82) is 0 Å². The summed E-state index contributed by atoms with van der Waals surface area (Å²) >= 11 is 6.07. The Balaban J connectivity index is 0.000000807. The minimum Gasteiger partial charge on any atom is -0.422 e. The summed E-state index contributed by atoms with van der Waals surface area (Å²) in [5.41, 5.74) is 2.11. The van der Waals surface area contributed by atoms with Crippen molar-refractivity contribution in [3.8, 4) is 0 Å². The topological polar surface area (TPSA) is 45.4 Å². The van der Waals surface area contributed by atoms with E-state index in [4.69, 9.17) is 16.0 Å². The first-order valence-corrected chi connectivity index (χ1v) is 7.01. The van der Waals surface area contributed by atoms with Crippen molar-refractivity contribution in [2.75, 3.05) is 31.1 Å². The lowest BCUT2D eigenvalue weighted by Gasteiger charge is -2.32. The fraction of sp³-hybridized carbons (Fsp3) is 0.538. The highest BCUT2D eigenvalue weighted by molar-refractivity contribution is 6.31. The van der Waals surface area contributed by atoms with Crippen LogP contribution in [0.3, 0.4) is 0 Å². The summed E-state index contributed by atoms with van der Waals surface area (Å²) in [6.45, 7) is 6.25. The third-order valence-corrected chi connectivity index (χ3v) is 4.47. The van der Waals surface area contributed by atoms with Crippen LogP contribution in [0.25, 0.3) is 11.2 Å². The van der Waals surface area contributed by atoms with E-state index in [1.807, 2.05) is 6.92 Å². The average molecular weight is 352 g/mol. The molecule has 0 aliphatic carbocycles. The van der Waals surface area contributed by atoms with Gasteiger partial charge in [0.1, 0.15) is 0 Å². The highest BCUT2D eigenvalue weighted by Gasteiger charge is 2.34. The van der Waals surface area contributed by atoms with Crippen LogP contribution in [0.2, 0.25) is 5.02 Å². The molecule has 2 aromatic rings. The van der Waals surface area contributed by atoms with Crippen LogP contribution in [0.15, 0.2) is 10.5 Å². The van der Waals surface area contributed by atoms with Gasteiger partial charge in [0.15, 0.2) is 5.58 Å². The summed E-state index contributed by atoms with van der Waals surface area (Å²) in [6, 6.07) is 3.02. The zero-order chi connectivity index (χ0) is 13.0. The Hall–Kier alpha value is -0.750. The number of oxazole rings is 1. The van der Waals surface area contributed by atoms with Crippen LogP contribution in [0.4, 0.5) is 6.01 Å². The Kier molecular flexibility index (Phi) is 4.88. The molecule has 2 bridgehead atoms. The summed E-state index contributed by atoms with van der Waals surface area (Å²) in [6.07, 6.45) is 1.19. The number of hydrogen-bond donors (Lipinski definition) is 0. The summed E-state index contributed by atoms with van der Waals surface area (Å²) < 4.78 is 5.84. The molecule has 4 rings (SSSR count). The van der Waals surface area contributed by atoms with Gasteiger partial charge < -0.3 is 9.32 Å². The van der Waals surface area contributed by atoms with E-state index in [1.165, 1.54) is 13.0 Å². The summed E-state index contributed by atoms with van der Waals surface area (Å²) in [7, 11) is 0. The van der Waals surface area contributed by atoms with Gasteiger partial charge in [0.05, 0.1) is 10.7 Å². The van der Waals surface area contributed by atoms with E-state index >= 15 is 0 Å². The normalized spacial score (nSPS) is 23.8. The van der Waals surface area contributed by atoms with Gasteiger partial charge in [-0.15, -0.1) is 24.8 Å². The molecule has 8 heteroatoms. The molecular formula is C13H17Cl3N4O. The van der Waals surface area contributed by atoms with Crippen LogP contribution in [-0.4, -0.2) is 47.1 Å². The molecule has 5 nitrogen and oxygen atoms in total. The van der Waals surface area contributed by atoms with E-state index in [9.17, 15) is 0 Å². The Bertz CT molecular complexity index is 609. The van der Waals surface area contributed by atoms with Crippen molar-refractivity contribution in [1.82, 2.24) is 14.9 Å². The van der Waals surface area contributed by atoms with Gasteiger partial charge in [0.2, 0.25) is 5.65 Å². The quantitative estimate of drug-likeness (QED) is 0.790. The van der Waals surface area contributed by atoms with Gasteiger partial charge >= 0.3 is 0 Å². The fourth-order valence-electron chi connectivity index (χ4n) is 2.99. The Morgan fingerprint density at radius 2 is 2.05 bits per heavy atom. The zero-order valence-corrected chi connectivity index (χ0v) is 14.0. The average Bonchev–Trinajstić information content (AvgIpc) is 2.95. The second-order valence-electron chi connectivity index (χ2n) is 5.31. The first-order chi connectivity index (χ1) is 9.20. The molecule has 2 aliphatic rings. The van der Waals surface area contributed by atoms with E-state index in [0.29, 0.717) is 28.3 Å². The van der Waals surface area contributed by atoms with Crippen molar-refractivity contribution < 1.29 is 4.42 Å². The van der Waals surface area contributed by atoms with E-state index in [2.05, 4.69) is 19.8 Å². The highest BCUT2D eigenvalue weighted by Crippen LogP contribution is 2.29. The molecule has 1 unspecified atom stereocenters. The van der Waals surface area contributed by atoms with Crippen molar-refractivity contribution in [3.63, 3.8) is 0 Å². The molecule has 0 amide bonds. The lowest BCUT2D eigenvalue weighted by molar-refractivity contribution is 0.304. The fourth-order valence-corrected chi connectivity index (χ4v) is 3.14. The van der Waals surface area contributed by atoms with Crippen molar-refractivity contribution in [2.45, 2.75) is 19.4 Å². The maximum atomic E-state index is 6.07. The van der Waals surface area contributed by atoms with Gasteiger partial charge in [-0.2, -0.15) is 4.98 Å². The molecule has 21 heavy (non-hydrogen) atoms. The highest BCUT2D eigenvalue weighted by atomic mass is 35.5. The van der Waals surface area contributed by atoms with Crippen molar-refractivity contribution >= 4 is 53.7 Å². The van der Waals surface area contributed by atoms with Crippen LogP contribution in [-0.2, 0) is 0 Å². The number of nitrogens with zero attached hydrogens (tertiary/aromatic N) is 4. The van der Waals surface area contributed by atoms with Gasteiger partial charge in [0, 0.05) is 38.3 Å². The predicted molar refractivity (Wildman–Crippen MR) is 88.2 cm³/mol. The van der Waals surface area contributed by atoms with Crippen LogP contribution in [0.1, 0.15) is 12.1 Å². The number of aromatic nitrogens is 2. The predicted octanol–water partition coefficient (Wildman–Crippen LogP) is 2.92. The largest absolute Gasteiger partial charge is 0.422 e. The van der Waals surface area contributed by atoms with Gasteiger partial charge in [-0.3, -0.25) is 4.90 Å². The summed E-state index contributed by atoms with van der Waals surface area (Å²) in [5, 5.41) is 0.626. The van der Waals surface area contributed by atoms with Crippen LogP contribution >= 0.6 is 36.4 Å².